The molecule has 0 unspecified atom stereocenters. The van der Waals surface area contributed by atoms with Gasteiger partial charge in [0.15, 0.2) is 0 Å². The van der Waals surface area contributed by atoms with Gasteiger partial charge in [-0.1, -0.05) is 35.9 Å². The quantitative estimate of drug-likeness (QED) is 0.893. The van der Waals surface area contributed by atoms with Crippen LogP contribution in [0.4, 0.5) is 5.69 Å². The molecule has 1 N–H and O–H groups in total. The van der Waals surface area contributed by atoms with Crippen LogP contribution in [0.5, 0.6) is 5.75 Å². The van der Waals surface area contributed by atoms with Crippen LogP contribution in [0.25, 0.3) is 0 Å². The molecule has 1 aliphatic heterocycles. The molecule has 1 saturated heterocycles. The zero-order valence-corrected chi connectivity index (χ0v) is 14.6. The Bertz CT molecular complexity index is 776. The molecule has 130 valence electrons. The maximum Gasteiger partial charge on any atom is 0.227 e. The fraction of sp³-hybridized carbons (Fsp3) is 0.263. The summed E-state index contributed by atoms with van der Waals surface area (Å²) in [5, 5.41) is 3.40. The molecule has 5 nitrogen and oxygen atoms in total. The smallest absolute Gasteiger partial charge is 0.227 e. The molecular weight excluding hydrogens is 340 g/mol. The van der Waals surface area contributed by atoms with Gasteiger partial charge in [0.2, 0.25) is 11.8 Å². The van der Waals surface area contributed by atoms with Crippen LogP contribution >= 0.6 is 11.6 Å². The van der Waals surface area contributed by atoms with Crippen LogP contribution in [-0.2, 0) is 16.1 Å². The molecule has 0 spiro atoms. The van der Waals surface area contributed by atoms with Gasteiger partial charge in [0.05, 0.1) is 23.7 Å². The molecule has 3 rings (SSSR count). The second-order valence-corrected chi connectivity index (χ2v) is 6.33. The van der Waals surface area contributed by atoms with Gasteiger partial charge >= 0.3 is 0 Å². The molecule has 0 aliphatic carbocycles. The molecule has 1 aliphatic rings. The molecule has 0 bridgehead atoms. The van der Waals surface area contributed by atoms with Crippen molar-refractivity contribution in [1.82, 2.24) is 5.32 Å². The standard InChI is InChI=1S/C19H19ClN2O3/c1-25-15-8-6-13(7-9-15)11-21-19(24)14-10-18(23)22(12-14)17-5-3-2-4-16(17)20/h2-9,14H,10-12H2,1H3,(H,21,24)/t14-/m0/s1. The van der Waals surface area contributed by atoms with Crippen molar-refractivity contribution in [2.45, 2.75) is 13.0 Å². The van der Waals surface area contributed by atoms with Crippen LogP contribution in [0.2, 0.25) is 5.02 Å². The average Bonchev–Trinajstić information content (AvgIpc) is 3.02. The monoisotopic (exact) mass is 358 g/mol. The molecule has 2 aromatic rings. The number of carbonyl (C=O) groups is 2. The summed E-state index contributed by atoms with van der Waals surface area (Å²) in [6.07, 6.45) is 0.194. The van der Waals surface area contributed by atoms with E-state index in [0.717, 1.165) is 11.3 Å². The lowest BCUT2D eigenvalue weighted by Crippen LogP contribution is -2.32. The minimum absolute atomic E-state index is 0.0855. The number of benzene rings is 2. The van der Waals surface area contributed by atoms with Crippen molar-refractivity contribution >= 4 is 29.1 Å². The molecule has 6 heteroatoms. The van der Waals surface area contributed by atoms with Gasteiger partial charge in [0, 0.05) is 19.5 Å². The van der Waals surface area contributed by atoms with E-state index >= 15 is 0 Å². The number of carbonyl (C=O) groups excluding carboxylic acids is 2. The molecule has 0 radical (unpaired) electrons. The Morgan fingerprint density at radius 3 is 2.64 bits per heavy atom. The van der Waals surface area contributed by atoms with E-state index < -0.39 is 0 Å². The zero-order chi connectivity index (χ0) is 17.8. The van der Waals surface area contributed by atoms with Crippen LogP contribution in [0, 0.1) is 5.92 Å². The molecule has 2 amide bonds. The Morgan fingerprint density at radius 1 is 1.24 bits per heavy atom. The van der Waals surface area contributed by atoms with E-state index in [-0.39, 0.29) is 24.2 Å². The summed E-state index contributed by atoms with van der Waals surface area (Å²) < 4.78 is 5.11. The maximum absolute atomic E-state index is 12.4. The summed E-state index contributed by atoms with van der Waals surface area (Å²) in [6.45, 7) is 0.761. The van der Waals surface area contributed by atoms with Crippen molar-refractivity contribution in [1.29, 1.82) is 0 Å². The number of amides is 2. The predicted molar refractivity (Wildman–Crippen MR) is 96.8 cm³/mol. The highest BCUT2D eigenvalue weighted by atomic mass is 35.5. The second-order valence-electron chi connectivity index (χ2n) is 5.92. The van der Waals surface area contributed by atoms with Gasteiger partial charge in [-0.2, -0.15) is 0 Å². The maximum atomic E-state index is 12.4. The van der Waals surface area contributed by atoms with E-state index in [1.807, 2.05) is 36.4 Å². The van der Waals surface area contributed by atoms with Crippen molar-refractivity contribution in [3.8, 4) is 5.75 Å². The normalized spacial score (nSPS) is 16.8. The molecule has 2 aromatic carbocycles. The number of nitrogens with one attached hydrogen (secondary N) is 1. The number of ether oxygens (including phenoxy) is 1. The van der Waals surface area contributed by atoms with Crippen molar-refractivity contribution in [2.75, 3.05) is 18.6 Å². The second kappa shape index (κ2) is 7.57. The summed E-state index contributed by atoms with van der Waals surface area (Å²) in [7, 11) is 1.61. The summed E-state index contributed by atoms with van der Waals surface area (Å²) in [5.41, 5.74) is 1.63. The van der Waals surface area contributed by atoms with Gasteiger partial charge < -0.3 is 15.0 Å². The van der Waals surface area contributed by atoms with Crippen molar-refractivity contribution in [2.24, 2.45) is 5.92 Å². The number of anilines is 1. The molecule has 1 atom stereocenters. The number of hydrogen-bond acceptors (Lipinski definition) is 3. The molecule has 1 fully saturated rings. The molecule has 0 aromatic heterocycles. The molecule has 1 heterocycles. The Labute approximate surface area is 151 Å². The van der Waals surface area contributed by atoms with Crippen LogP contribution < -0.4 is 15.0 Å². The molecule has 25 heavy (non-hydrogen) atoms. The SMILES string of the molecule is COc1ccc(CNC(=O)[C@H]2CC(=O)N(c3ccccc3Cl)C2)cc1. The van der Waals surface area contributed by atoms with Gasteiger partial charge in [0.1, 0.15) is 5.75 Å². The number of para-hydroxylation sites is 1. The summed E-state index contributed by atoms with van der Waals surface area (Å²) in [5.74, 6) is 0.185. The Balaban J connectivity index is 1.60. The van der Waals surface area contributed by atoms with Gasteiger partial charge in [0.25, 0.3) is 0 Å². The lowest BCUT2D eigenvalue weighted by Gasteiger charge is -2.18. The highest BCUT2D eigenvalue weighted by Gasteiger charge is 2.35. The number of nitrogens with zero attached hydrogens (tertiary/aromatic N) is 1. The average molecular weight is 359 g/mol. The van der Waals surface area contributed by atoms with Crippen LogP contribution in [-0.4, -0.2) is 25.5 Å². The first-order valence-electron chi connectivity index (χ1n) is 8.04. The van der Waals surface area contributed by atoms with Crippen molar-refractivity contribution in [3.63, 3.8) is 0 Å². The van der Waals surface area contributed by atoms with Gasteiger partial charge in [-0.3, -0.25) is 9.59 Å². The van der Waals surface area contributed by atoms with E-state index in [1.165, 1.54) is 0 Å². The zero-order valence-electron chi connectivity index (χ0n) is 13.9. The van der Waals surface area contributed by atoms with Gasteiger partial charge in [-0.25, -0.2) is 0 Å². The highest BCUT2D eigenvalue weighted by Crippen LogP contribution is 2.31. The van der Waals surface area contributed by atoms with E-state index in [2.05, 4.69) is 5.32 Å². The summed E-state index contributed by atoms with van der Waals surface area (Å²) in [4.78, 5) is 26.2. The van der Waals surface area contributed by atoms with Crippen LogP contribution in [0.3, 0.4) is 0 Å². The minimum atomic E-state index is -0.373. The molecular formula is C19H19ClN2O3. The van der Waals surface area contributed by atoms with E-state index in [0.29, 0.717) is 23.8 Å². The van der Waals surface area contributed by atoms with E-state index in [1.54, 1.807) is 24.1 Å². The lowest BCUT2D eigenvalue weighted by atomic mass is 10.1. The fourth-order valence-corrected chi connectivity index (χ4v) is 3.10. The topological polar surface area (TPSA) is 58.6 Å². The molecule has 0 saturated carbocycles. The first-order valence-corrected chi connectivity index (χ1v) is 8.42. The largest absolute Gasteiger partial charge is 0.497 e. The fourth-order valence-electron chi connectivity index (χ4n) is 2.86. The number of methoxy groups -OCH3 is 1. The van der Waals surface area contributed by atoms with E-state index in [9.17, 15) is 9.59 Å². The number of hydrogen-bond donors (Lipinski definition) is 1. The van der Waals surface area contributed by atoms with Gasteiger partial charge in [-0.05, 0) is 29.8 Å². The Kier molecular flexibility index (Phi) is 5.24. The first-order chi connectivity index (χ1) is 12.1. The minimum Gasteiger partial charge on any atom is -0.497 e. The van der Waals surface area contributed by atoms with Crippen LogP contribution in [0.15, 0.2) is 48.5 Å². The summed E-state index contributed by atoms with van der Waals surface area (Å²) in [6, 6.07) is 14.7. The Morgan fingerprint density at radius 2 is 1.96 bits per heavy atom. The first kappa shape index (κ1) is 17.3. The number of rotatable bonds is 5. The highest BCUT2D eigenvalue weighted by molar-refractivity contribution is 6.33. The third kappa shape index (κ3) is 3.94. The lowest BCUT2D eigenvalue weighted by molar-refractivity contribution is -0.126. The van der Waals surface area contributed by atoms with Crippen molar-refractivity contribution in [3.05, 3.63) is 59.1 Å². The summed E-state index contributed by atoms with van der Waals surface area (Å²) >= 11 is 6.16. The van der Waals surface area contributed by atoms with Gasteiger partial charge in [-0.15, -0.1) is 0 Å². The number of halogens is 1. The predicted octanol–water partition coefficient (Wildman–Crippen LogP) is 3.02. The van der Waals surface area contributed by atoms with Crippen LogP contribution in [0.1, 0.15) is 12.0 Å². The third-order valence-corrected chi connectivity index (χ3v) is 4.58. The van der Waals surface area contributed by atoms with Crippen molar-refractivity contribution < 1.29 is 14.3 Å². The van der Waals surface area contributed by atoms with E-state index in [4.69, 9.17) is 16.3 Å². The third-order valence-electron chi connectivity index (χ3n) is 4.26. The Hall–Kier alpha value is -2.53.